The number of aromatic nitrogens is 4. The summed E-state index contributed by atoms with van der Waals surface area (Å²) in [6.07, 6.45) is 0. The van der Waals surface area contributed by atoms with Gasteiger partial charge in [0.2, 0.25) is 5.95 Å². The standard InChI is InChI=1S/C16H12FN5O/c17-11-5-3-4-10(8-11)9-21-16(23)22-14(20-21)12-6-1-2-7-13(12)19-15(22)18/h1-8H,9H2,(H2,18,19). The highest BCUT2D eigenvalue weighted by molar-refractivity contribution is 5.91. The maximum absolute atomic E-state index is 13.3. The summed E-state index contributed by atoms with van der Waals surface area (Å²) in [6.45, 7) is 0.159. The Bertz CT molecular complexity index is 1100. The van der Waals surface area contributed by atoms with Crippen LogP contribution in [0, 0.1) is 5.82 Å². The predicted octanol–water partition coefficient (Wildman–Crippen LogP) is 1.81. The van der Waals surface area contributed by atoms with Crippen LogP contribution in [-0.4, -0.2) is 19.2 Å². The van der Waals surface area contributed by atoms with Crippen LogP contribution in [0.3, 0.4) is 0 Å². The van der Waals surface area contributed by atoms with E-state index in [0.29, 0.717) is 16.7 Å². The molecule has 4 aromatic rings. The lowest BCUT2D eigenvalue weighted by atomic mass is 10.2. The molecule has 0 fully saturated rings. The van der Waals surface area contributed by atoms with Gasteiger partial charge in [-0.1, -0.05) is 24.3 Å². The van der Waals surface area contributed by atoms with Crippen molar-refractivity contribution in [2.45, 2.75) is 6.54 Å². The number of fused-ring (bicyclic) bond motifs is 3. The van der Waals surface area contributed by atoms with Crippen molar-refractivity contribution in [1.29, 1.82) is 0 Å². The summed E-state index contributed by atoms with van der Waals surface area (Å²) in [7, 11) is 0. The molecule has 0 unspecified atom stereocenters. The molecule has 114 valence electrons. The first-order valence-electron chi connectivity index (χ1n) is 7.02. The van der Waals surface area contributed by atoms with Crippen LogP contribution in [0.15, 0.2) is 53.3 Å². The van der Waals surface area contributed by atoms with Gasteiger partial charge >= 0.3 is 5.69 Å². The average Bonchev–Trinajstić information content (AvgIpc) is 2.85. The molecule has 2 aromatic carbocycles. The fourth-order valence-electron chi connectivity index (χ4n) is 2.63. The topological polar surface area (TPSA) is 78.2 Å². The lowest BCUT2D eigenvalue weighted by Gasteiger charge is -2.00. The third-order valence-electron chi connectivity index (χ3n) is 3.67. The maximum atomic E-state index is 13.3. The van der Waals surface area contributed by atoms with Gasteiger partial charge in [-0.3, -0.25) is 0 Å². The van der Waals surface area contributed by atoms with Gasteiger partial charge in [0.1, 0.15) is 5.82 Å². The molecule has 0 saturated carbocycles. The third-order valence-corrected chi connectivity index (χ3v) is 3.67. The molecular weight excluding hydrogens is 297 g/mol. The molecule has 0 bridgehead atoms. The molecule has 4 rings (SSSR count). The first-order chi connectivity index (χ1) is 11.1. The minimum Gasteiger partial charge on any atom is -0.369 e. The number of nitrogens with two attached hydrogens (primary N) is 1. The van der Waals surface area contributed by atoms with Crippen LogP contribution < -0.4 is 11.4 Å². The quantitative estimate of drug-likeness (QED) is 0.612. The van der Waals surface area contributed by atoms with Crippen molar-refractivity contribution >= 4 is 22.5 Å². The molecule has 0 spiro atoms. The van der Waals surface area contributed by atoms with Crippen LogP contribution in [0.25, 0.3) is 16.6 Å². The fourth-order valence-corrected chi connectivity index (χ4v) is 2.63. The van der Waals surface area contributed by atoms with E-state index in [1.54, 1.807) is 12.1 Å². The Morgan fingerprint density at radius 2 is 1.96 bits per heavy atom. The van der Waals surface area contributed by atoms with Gasteiger partial charge in [-0.2, -0.15) is 0 Å². The third kappa shape index (κ3) is 2.13. The van der Waals surface area contributed by atoms with Crippen molar-refractivity contribution in [2.24, 2.45) is 0 Å². The van der Waals surface area contributed by atoms with Crippen LogP contribution in [-0.2, 0) is 6.54 Å². The number of anilines is 1. The number of hydrogen-bond donors (Lipinski definition) is 1. The van der Waals surface area contributed by atoms with Crippen molar-refractivity contribution < 1.29 is 4.39 Å². The Morgan fingerprint density at radius 1 is 1.13 bits per heavy atom. The SMILES string of the molecule is Nc1nc2ccccc2c2nn(Cc3cccc(F)c3)c(=O)n12. The Labute approximate surface area is 129 Å². The van der Waals surface area contributed by atoms with Gasteiger partial charge in [-0.05, 0) is 29.8 Å². The molecule has 6 nitrogen and oxygen atoms in total. The highest BCUT2D eigenvalue weighted by Crippen LogP contribution is 2.17. The van der Waals surface area contributed by atoms with Gasteiger partial charge < -0.3 is 5.73 Å². The number of rotatable bonds is 2. The molecule has 0 aliphatic carbocycles. The summed E-state index contributed by atoms with van der Waals surface area (Å²) in [5.74, 6) is -0.278. The van der Waals surface area contributed by atoms with E-state index in [2.05, 4.69) is 10.1 Å². The number of nitrogen functional groups attached to an aromatic ring is 1. The van der Waals surface area contributed by atoms with E-state index >= 15 is 0 Å². The van der Waals surface area contributed by atoms with Gasteiger partial charge in [0, 0.05) is 5.39 Å². The molecule has 0 amide bonds. The van der Waals surface area contributed by atoms with E-state index < -0.39 is 5.69 Å². The molecule has 0 saturated heterocycles. The normalized spacial score (nSPS) is 11.3. The smallest absolute Gasteiger partial charge is 0.353 e. The minimum atomic E-state index is -0.403. The molecule has 0 aliphatic heterocycles. The van der Waals surface area contributed by atoms with Crippen LogP contribution in [0.4, 0.5) is 10.3 Å². The van der Waals surface area contributed by atoms with Gasteiger partial charge in [0.15, 0.2) is 5.65 Å². The molecule has 23 heavy (non-hydrogen) atoms. The number of halogens is 1. The molecule has 7 heteroatoms. The van der Waals surface area contributed by atoms with Crippen molar-refractivity contribution in [3.05, 3.63) is 70.4 Å². The molecular formula is C16H12FN5O. The zero-order valence-electron chi connectivity index (χ0n) is 12.0. The number of nitrogens with zero attached hydrogens (tertiary/aromatic N) is 4. The van der Waals surface area contributed by atoms with Crippen LogP contribution in [0.2, 0.25) is 0 Å². The van der Waals surface area contributed by atoms with Gasteiger partial charge in [-0.15, -0.1) is 5.10 Å². The van der Waals surface area contributed by atoms with E-state index in [-0.39, 0.29) is 18.3 Å². The molecule has 0 radical (unpaired) electrons. The Morgan fingerprint density at radius 3 is 2.78 bits per heavy atom. The second-order valence-electron chi connectivity index (χ2n) is 5.22. The molecule has 2 aromatic heterocycles. The summed E-state index contributed by atoms with van der Waals surface area (Å²) < 4.78 is 15.8. The van der Waals surface area contributed by atoms with Crippen molar-refractivity contribution in [2.75, 3.05) is 5.73 Å². The molecule has 0 atom stereocenters. The monoisotopic (exact) mass is 309 g/mol. The van der Waals surface area contributed by atoms with E-state index in [1.165, 1.54) is 21.2 Å². The zero-order chi connectivity index (χ0) is 16.0. The number of para-hydroxylation sites is 1. The van der Waals surface area contributed by atoms with E-state index in [4.69, 9.17) is 5.73 Å². The van der Waals surface area contributed by atoms with Crippen LogP contribution >= 0.6 is 0 Å². The second-order valence-corrected chi connectivity index (χ2v) is 5.22. The van der Waals surface area contributed by atoms with Gasteiger partial charge in [0.25, 0.3) is 0 Å². The lowest BCUT2D eigenvalue weighted by molar-refractivity contribution is 0.615. The highest BCUT2D eigenvalue weighted by Gasteiger charge is 2.14. The highest BCUT2D eigenvalue weighted by atomic mass is 19.1. The Kier molecular flexibility index (Phi) is 2.87. The van der Waals surface area contributed by atoms with Crippen LogP contribution in [0.5, 0.6) is 0 Å². The van der Waals surface area contributed by atoms with Gasteiger partial charge in [-0.25, -0.2) is 23.3 Å². The first kappa shape index (κ1) is 13.4. The molecule has 2 heterocycles. The van der Waals surface area contributed by atoms with Crippen molar-refractivity contribution in [3.63, 3.8) is 0 Å². The lowest BCUT2D eigenvalue weighted by Crippen LogP contribution is -2.23. The van der Waals surface area contributed by atoms with E-state index in [0.717, 1.165) is 5.39 Å². The zero-order valence-corrected chi connectivity index (χ0v) is 12.0. The first-order valence-corrected chi connectivity index (χ1v) is 7.02. The van der Waals surface area contributed by atoms with Crippen molar-refractivity contribution in [3.8, 4) is 0 Å². The average molecular weight is 309 g/mol. The van der Waals surface area contributed by atoms with Gasteiger partial charge in [0.05, 0.1) is 12.1 Å². The summed E-state index contributed by atoms with van der Waals surface area (Å²) in [5.41, 5.74) is 7.24. The molecule has 2 N–H and O–H groups in total. The summed E-state index contributed by atoms with van der Waals surface area (Å²) in [4.78, 5) is 16.8. The predicted molar refractivity (Wildman–Crippen MR) is 84.7 cm³/mol. The number of hydrogen-bond acceptors (Lipinski definition) is 4. The summed E-state index contributed by atoms with van der Waals surface area (Å²) >= 11 is 0. The fraction of sp³-hybridized carbons (Fsp3) is 0.0625. The number of benzene rings is 2. The summed E-state index contributed by atoms with van der Waals surface area (Å²) in [5, 5.41) is 5.08. The second kappa shape index (κ2) is 4.91. The summed E-state index contributed by atoms with van der Waals surface area (Å²) in [6, 6.07) is 13.4. The van der Waals surface area contributed by atoms with E-state index in [1.807, 2.05) is 24.3 Å². The van der Waals surface area contributed by atoms with E-state index in [9.17, 15) is 9.18 Å². The van der Waals surface area contributed by atoms with Crippen LogP contribution in [0.1, 0.15) is 5.56 Å². The molecule has 0 aliphatic rings. The maximum Gasteiger partial charge on any atom is 0.353 e. The van der Waals surface area contributed by atoms with Crippen molar-refractivity contribution in [1.82, 2.24) is 19.2 Å². The Hall–Kier alpha value is -3.22. The Balaban J connectivity index is 1.95. The minimum absolute atomic E-state index is 0.0780. The largest absolute Gasteiger partial charge is 0.369 e.